The van der Waals surface area contributed by atoms with Crippen LogP contribution in [-0.2, 0) is 9.84 Å². The van der Waals surface area contributed by atoms with Crippen LogP contribution in [0.25, 0.3) is 0 Å². The van der Waals surface area contributed by atoms with Crippen LogP contribution in [0.15, 0.2) is 6.07 Å². The Morgan fingerprint density at radius 3 is 2.75 bits per heavy atom. The third kappa shape index (κ3) is 3.68. The molecular formula is C12H17Cl2N3O2S. The first kappa shape index (κ1) is 15.7. The maximum Gasteiger partial charge on any atom is 0.152 e. The monoisotopic (exact) mass is 337 g/mol. The summed E-state index contributed by atoms with van der Waals surface area (Å²) >= 11 is 12.3. The van der Waals surface area contributed by atoms with Crippen molar-refractivity contribution in [2.75, 3.05) is 41.4 Å². The van der Waals surface area contributed by atoms with Gasteiger partial charge in [-0.3, -0.25) is 0 Å². The van der Waals surface area contributed by atoms with Crippen molar-refractivity contribution in [1.82, 2.24) is 4.98 Å². The second-order valence-electron chi connectivity index (χ2n) is 4.65. The van der Waals surface area contributed by atoms with E-state index in [1.54, 1.807) is 6.07 Å². The molecule has 0 spiro atoms. The van der Waals surface area contributed by atoms with Gasteiger partial charge in [-0.1, -0.05) is 23.2 Å². The molecule has 1 aliphatic rings. The molecule has 2 heterocycles. The van der Waals surface area contributed by atoms with Gasteiger partial charge >= 0.3 is 0 Å². The summed E-state index contributed by atoms with van der Waals surface area (Å²) in [7, 11) is -2.96. The maximum absolute atomic E-state index is 11.6. The summed E-state index contributed by atoms with van der Waals surface area (Å²) in [6, 6.07) is 1.64. The predicted molar refractivity (Wildman–Crippen MR) is 83.9 cm³/mol. The molecule has 0 bridgehead atoms. The number of hydrogen-bond acceptors (Lipinski definition) is 5. The van der Waals surface area contributed by atoms with Gasteiger partial charge in [0.1, 0.15) is 11.6 Å². The highest BCUT2D eigenvalue weighted by Gasteiger charge is 2.22. The Bertz CT molecular complexity index is 593. The Morgan fingerprint density at radius 2 is 2.05 bits per heavy atom. The van der Waals surface area contributed by atoms with Gasteiger partial charge in [-0.2, -0.15) is 0 Å². The van der Waals surface area contributed by atoms with Crippen molar-refractivity contribution < 1.29 is 8.42 Å². The quantitative estimate of drug-likeness (QED) is 0.917. The van der Waals surface area contributed by atoms with Gasteiger partial charge in [-0.25, -0.2) is 13.4 Å². The summed E-state index contributed by atoms with van der Waals surface area (Å²) in [5, 5.41) is 3.97. The van der Waals surface area contributed by atoms with E-state index in [1.165, 1.54) is 0 Å². The predicted octanol–water partition coefficient (Wildman–Crippen LogP) is 2.45. The largest absolute Gasteiger partial charge is 0.369 e. The molecule has 2 rings (SSSR count). The van der Waals surface area contributed by atoms with Crippen LogP contribution in [0.5, 0.6) is 0 Å². The number of rotatable bonds is 3. The maximum atomic E-state index is 11.6. The lowest BCUT2D eigenvalue weighted by Gasteiger charge is -2.23. The normalized spacial score (nSPS) is 18.6. The highest BCUT2D eigenvalue weighted by atomic mass is 35.5. The van der Waals surface area contributed by atoms with Gasteiger partial charge in [0, 0.05) is 19.6 Å². The molecule has 0 atom stereocenters. The zero-order valence-corrected chi connectivity index (χ0v) is 13.5. The van der Waals surface area contributed by atoms with Crippen LogP contribution in [0.4, 0.5) is 11.6 Å². The second-order valence-corrected chi connectivity index (χ2v) is 7.77. The molecule has 1 saturated heterocycles. The molecule has 1 fully saturated rings. The number of nitrogens with one attached hydrogen (secondary N) is 1. The molecule has 0 radical (unpaired) electrons. The Hall–Kier alpha value is -0.720. The van der Waals surface area contributed by atoms with Gasteiger partial charge in [0.25, 0.3) is 0 Å². The number of anilines is 2. The highest BCUT2D eigenvalue weighted by Crippen LogP contribution is 2.32. The molecular weight excluding hydrogens is 321 g/mol. The lowest BCUT2D eigenvalue weighted by molar-refractivity contribution is 0.597. The fourth-order valence-corrected chi connectivity index (χ4v) is 3.94. The molecule has 1 N–H and O–H groups in total. The number of sulfone groups is 1. The van der Waals surface area contributed by atoms with Crippen molar-refractivity contribution in [3.63, 3.8) is 0 Å². The first-order chi connectivity index (χ1) is 9.43. The van der Waals surface area contributed by atoms with Crippen LogP contribution in [0, 0.1) is 0 Å². The summed E-state index contributed by atoms with van der Waals surface area (Å²) in [6.07, 6.45) is 0.583. The second kappa shape index (κ2) is 6.37. The molecule has 1 aromatic heterocycles. The Morgan fingerprint density at radius 1 is 1.30 bits per heavy atom. The molecule has 0 unspecified atom stereocenters. The molecule has 1 aromatic rings. The first-order valence-electron chi connectivity index (χ1n) is 6.48. The lowest BCUT2D eigenvalue weighted by atomic mass is 10.3. The molecule has 8 heteroatoms. The SMILES string of the molecule is CCNc1nc(N2CCCS(=O)(=O)CC2)c(Cl)cc1Cl. The number of pyridine rings is 1. The van der Waals surface area contributed by atoms with Crippen molar-refractivity contribution in [3.05, 3.63) is 16.1 Å². The molecule has 0 saturated carbocycles. The Kier molecular flexibility index (Phi) is 4.99. The van der Waals surface area contributed by atoms with E-state index in [2.05, 4.69) is 10.3 Å². The third-order valence-electron chi connectivity index (χ3n) is 3.11. The zero-order chi connectivity index (χ0) is 14.8. The average Bonchev–Trinajstić information content (AvgIpc) is 2.54. The topological polar surface area (TPSA) is 62.3 Å². The minimum atomic E-state index is -2.96. The van der Waals surface area contributed by atoms with E-state index in [-0.39, 0.29) is 11.5 Å². The first-order valence-corrected chi connectivity index (χ1v) is 9.06. The molecule has 112 valence electrons. The Labute approximate surface area is 129 Å². The molecule has 0 aromatic carbocycles. The van der Waals surface area contributed by atoms with Crippen LogP contribution in [-0.4, -0.2) is 44.5 Å². The number of nitrogens with zero attached hydrogens (tertiary/aromatic N) is 2. The van der Waals surface area contributed by atoms with E-state index < -0.39 is 9.84 Å². The summed E-state index contributed by atoms with van der Waals surface area (Å²) in [5.74, 6) is 1.50. The molecule has 1 aliphatic heterocycles. The van der Waals surface area contributed by atoms with E-state index in [0.717, 1.165) is 0 Å². The van der Waals surface area contributed by atoms with E-state index in [0.29, 0.717) is 47.7 Å². The van der Waals surface area contributed by atoms with Crippen molar-refractivity contribution in [2.45, 2.75) is 13.3 Å². The van der Waals surface area contributed by atoms with Gasteiger partial charge in [-0.15, -0.1) is 0 Å². The highest BCUT2D eigenvalue weighted by molar-refractivity contribution is 7.91. The van der Waals surface area contributed by atoms with E-state index in [1.807, 2.05) is 11.8 Å². The van der Waals surface area contributed by atoms with Crippen LogP contribution < -0.4 is 10.2 Å². The van der Waals surface area contributed by atoms with Crippen LogP contribution >= 0.6 is 23.2 Å². The van der Waals surface area contributed by atoms with Crippen molar-refractivity contribution >= 4 is 44.7 Å². The fourth-order valence-electron chi connectivity index (χ4n) is 2.12. The molecule has 20 heavy (non-hydrogen) atoms. The van der Waals surface area contributed by atoms with E-state index in [9.17, 15) is 8.42 Å². The summed E-state index contributed by atoms with van der Waals surface area (Å²) in [5.41, 5.74) is 0. The van der Waals surface area contributed by atoms with Gasteiger partial charge in [0.05, 0.1) is 21.6 Å². The fraction of sp³-hybridized carbons (Fsp3) is 0.583. The van der Waals surface area contributed by atoms with Gasteiger partial charge in [0.15, 0.2) is 9.84 Å². The number of aromatic nitrogens is 1. The van der Waals surface area contributed by atoms with Crippen molar-refractivity contribution in [3.8, 4) is 0 Å². The van der Waals surface area contributed by atoms with Crippen LogP contribution in [0.2, 0.25) is 10.0 Å². The molecule has 0 amide bonds. The minimum Gasteiger partial charge on any atom is -0.369 e. The van der Waals surface area contributed by atoms with Gasteiger partial charge < -0.3 is 10.2 Å². The number of halogens is 2. The van der Waals surface area contributed by atoms with Gasteiger partial charge in [-0.05, 0) is 19.4 Å². The van der Waals surface area contributed by atoms with Crippen LogP contribution in [0.3, 0.4) is 0 Å². The van der Waals surface area contributed by atoms with E-state index >= 15 is 0 Å². The number of hydrogen-bond donors (Lipinski definition) is 1. The lowest BCUT2D eigenvalue weighted by Crippen LogP contribution is -2.28. The summed E-state index contributed by atoms with van der Waals surface area (Å²) < 4.78 is 23.3. The minimum absolute atomic E-state index is 0.129. The van der Waals surface area contributed by atoms with Crippen molar-refractivity contribution in [2.24, 2.45) is 0 Å². The summed E-state index contributed by atoms with van der Waals surface area (Å²) in [4.78, 5) is 6.34. The standard InChI is InChI=1S/C12H17Cl2N3O2S/c1-2-15-11-9(13)8-10(14)12(16-11)17-4-3-6-20(18,19)7-5-17/h8H,2-7H2,1H3,(H,15,16). The van der Waals surface area contributed by atoms with Crippen LogP contribution in [0.1, 0.15) is 13.3 Å². The third-order valence-corrected chi connectivity index (χ3v) is 5.39. The molecule has 0 aliphatic carbocycles. The van der Waals surface area contributed by atoms with Gasteiger partial charge in [0.2, 0.25) is 0 Å². The zero-order valence-electron chi connectivity index (χ0n) is 11.2. The molecule has 5 nitrogen and oxygen atoms in total. The smallest absolute Gasteiger partial charge is 0.152 e. The Balaban J connectivity index is 2.29. The average molecular weight is 338 g/mol. The van der Waals surface area contributed by atoms with E-state index in [4.69, 9.17) is 23.2 Å². The van der Waals surface area contributed by atoms with Crippen molar-refractivity contribution in [1.29, 1.82) is 0 Å². The summed E-state index contributed by atoms with van der Waals surface area (Å²) in [6.45, 7) is 3.67.